The fraction of sp³-hybridized carbons (Fsp3) is 0.172. The molecule has 0 radical (unpaired) electrons. The minimum atomic E-state index is -1.54. The molecule has 1 aliphatic heterocycles. The Labute approximate surface area is 236 Å². The van der Waals surface area contributed by atoms with Gasteiger partial charge < -0.3 is 16.1 Å². The van der Waals surface area contributed by atoms with Gasteiger partial charge in [0.05, 0.1) is 34.9 Å². The Balaban J connectivity index is 1.47. The largest absolute Gasteiger partial charge is 0.373 e. The van der Waals surface area contributed by atoms with Crippen molar-refractivity contribution in [3.63, 3.8) is 0 Å². The van der Waals surface area contributed by atoms with E-state index in [1.165, 1.54) is 18.3 Å². The van der Waals surface area contributed by atoms with E-state index < -0.39 is 11.8 Å². The second-order valence-corrected chi connectivity index (χ2v) is 10.3. The fourth-order valence-corrected chi connectivity index (χ4v) is 4.93. The highest BCUT2D eigenvalue weighted by Gasteiger charge is 2.32. The van der Waals surface area contributed by atoms with Crippen LogP contribution in [0.3, 0.4) is 0 Å². The quantitative estimate of drug-likeness (QED) is 0.192. The first-order valence-corrected chi connectivity index (χ1v) is 13.1. The van der Waals surface area contributed by atoms with Crippen molar-refractivity contribution in [3.05, 3.63) is 105 Å². The molecule has 1 fully saturated rings. The van der Waals surface area contributed by atoms with Crippen LogP contribution in [-0.2, 0) is 0 Å². The lowest BCUT2D eigenvalue weighted by molar-refractivity contribution is 0.260. The average molecular weight is 561 g/mol. The average Bonchev–Trinajstić information content (AvgIpc) is 3.67. The van der Waals surface area contributed by atoms with Crippen LogP contribution < -0.4 is 21.6 Å². The van der Waals surface area contributed by atoms with Gasteiger partial charge in [0, 0.05) is 40.2 Å². The Bertz CT molecular complexity index is 1700. The van der Waals surface area contributed by atoms with Gasteiger partial charge in [0.25, 0.3) is 0 Å². The van der Waals surface area contributed by atoms with E-state index in [0.717, 1.165) is 24.1 Å². The third-order valence-electron chi connectivity index (χ3n) is 6.77. The Hall–Kier alpha value is -4.03. The van der Waals surface area contributed by atoms with E-state index >= 15 is 0 Å². The number of nitrogens with one attached hydrogen (secondary N) is 4. The standard InChI is InChI=1S/C29H24Cl2FN7/c1-16-23(30)3-2-4-25(16)36-27-18(13-33)14-34-29-22(27)11-20(12-24(29)31)35-28(17-5-7-19(32)8-6-17)26-15-39(38-37-26)21-9-10-21/h2-8,11-12,14-15,21,28,35,37-38H,9-10H2,1H3,(H,34,36)/t28-/m1/s1/i28D. The van der Waals surface area contributed by atoms with E-state index in [4.69, 9.17) is 23.2 Å². The predicted octanol–water partition coefficient (Wildman–Crippen LogP) is 7.09. The lowest BCUT2D eigenvalue weighted by atomic mass is 10.0. The summed E-state index contributed by atoms with van der Waals surface area (Å²) in [6.07, 6.45) is 5.45. The molecular weight excluding hydrogens is 536 g/mol. The summed E-state index contributed by atoms with van der Waals surface area (Å²) < 4.78 is 23.4. The van der Waals surface area contributed by atoms with Crippen LogP contribution in [0.25, 0.3) is 10.9 Å². The molecule has 39 heavy (non-hydrogen) atoms. The van der Waals surface area contributed by atoms with Crippen molar-refractivity contribution >= 4 is 51.2 Å². The van der Waals surface area contributed by atoms with Crippen LogP contribution in [0.4, 0.5) is 21.5 Å². The van der Waals surface area contributed by atoms with Gasteiger partial charge in [-0.3, -0.25) is 9.99 Å². The van der Waals surface area contributed by atoms with Crippen LogP contribution in [0.15, 0.2) is 72.7 Å². The Kier molecular flexibility index (Phi) is 6.33. The summed E-state index contributed by atoms with van der Waals surface area (Å²) in [5, 5.41) is 20.0. The predicted molar refractivity (Wildman–Crippen MR) is 153 cm³/mol. The van der Waals surface area contributed by atoms with Crippen molar-refractivity contribution in [2.45, 2.75) is 31.8 Å². The van der Waals surface area contributed by atoms with Crippen LogP contribution in [0.1, 0.15) is 36.9 Å². The SMILES string of the molecule is [2H][C@](Nc1cc(Cl)c2ncc(C#N)c(Nc3cccc(Cl)c3C)c2c1)(C1=CN(C2CC2)NN1)c1ccc(F)cc1. The number of halogens is 3. The summed E-state index contributed by atoms with van der Waals surface area (Å²) in [5.41, 5.74) is 10.6. The van der Waals surface area contributed by atoms with Crippen LogP contribution in [0.5, 0.6) is 0 Å². The molecule has 3 aromatic carbocycles. The second kappa shape index (κ2) is 10.3. The number of rotatable bonds is 7. The van der Waals surface area contributed by atoms with Gasteiger partial charge in [-0.25, -0.2) is 4.39 Å². The first kappa shape index (κ1) is 24.0. The van der Waals surface area contributed by atoms with Crippen LogP contribution in [0, 0.1) is 24.1 Å². The third kappa shape index (κ3) is 5.04. The van der Waals surface area contributed by atoms with Crippen LogP contribution in [-0.4, -0.2) is 16.0 Å². The molecule has 0 unspecified atom stereocenters. The van der Waals surface area contributed by atoms with Gasteiger partial charge >= 0.3 is 0 Å². The maximum absolute atomic E-state index is 13.8. The molecule has 10 heteroatoms. The molecule has 0 amide bonds. The van der Waals surface area contributed by atoms with Gasteiger partial charge in [-0.1, -0.05) is 41.4 Å². The highest BCUT2D eigenvalue weighted by atomic mass is 35.5. The van der Waals surface area contributed by atoms with Crippen molar-refractivity contribution in [3.8, 4) is 6.07 Å². The first-order chi connectivity index (χ1) is 19.3. The number of nitrogens with zero attached hydrogens (tertiary/aromatic N) is 3. The monoisotopic (exact) mass is 560 g/mol. The van der Waals surface area contributed by atoms with Crippen molar-refractivity contribution in [2.75, 3.05) is 10.6 Å². The molecule has 2 aliphatic rings. The molecule has 0 saturated heterocycles. The zero-order valence-electron chi connectivity index (χ0n) is 21.8. The molecule has 2 heterocycles. The minimum Gasteiger partial charge on any atom is -0.373 e. The van der Waals surface area contributed by atoms with E-state index in [9.17, 15) is 11.0 Å². The second-order valence-electron chi connectivity index (χ2n) is 9.48. The Morgan fingerprint density at radius 1 is 1.18 bits per heavy atom. The number of nitriles is 1. The highest BCUT2D eigenvalue weighted by molar-refractivity contribution is 6.36. The smallest absolute Gasteiger partial charge is 0.123 e. The molecule has 4 N–H and O–H groups in total. The third-order valence-corrected chi connectivity index (χ3v) is 7.47. The molecule has 1 saturated carbocycles. The van der Waals surface area contributed by atoms with E-state index in [1.54, 1.807) is 30.3 Å². The summed E-state index contributed by atoms with van der Waals surface area (Å²) in [4.78, 5) is 4.44. The summed E-state index contributed by atoms with van der Waals surface area (Å²) >= 11 is 13.1. The Morgan fingerprint density at radius 2 is 1.97 bits per heavy atom. The highest BCUT2D eigenvalue weighted by Crippen LogP contribution is 2.38. The lowest BCUT2D eigenvalue weighted by Crippen LogP contribution is -2.38. The molecule has 0 spiro atoms. The number of hydrogen-bond acceptors (Lipinski definition) is 7. The van der Waals surface area contributed by atoms with E-state index in [0.29, 0.717) is 55.2 Å². The number of fused-ring (bicyclic) bond motifs is 1. The van der Waals surface area contributed by atoms with Crippen LogP contribution in [0.2, 0.25) is 10.0 Å². The first-order valence-electron chi connectivity index (χ1n) is 12.9. The normalized spacial score (nSPS) is 16.6. The number of benzene rings is 3. The molecule has 1 aromatic heterocycles. The molecule has 1 atom stereocenters. The van der Waals surface area contributed by atoms with Crippen molar-refractivity contribution in [1.29, 1.82) is 5.26 Å². The minimum absolute atomic E-state index is 0.320. The van der Waals surface area contributed by atoms with Gasteiger partial charge in [0.1, 0.15) is 11.9 Å². The van der Waals surface area contributed by atoms with Gasteiger partial charge in [0.15, 0.2) is 0 Å². The van der Waals surface area contributed by atoms with E-state index in [2.05, 4.69) is 32.6 Å². The number of hydrazine groups is 2. The summed E-state index contributed by atoms with van der Waals surface area (Å²) in [6.45, 7) is 1.89. The molecule has 7 nitrogen and oxygen atoms in total. The summed E-state index contributed by atoms with van der Waals surface area (Å²) in [5.74, 6) is -0.395. The van der Waals surface area contributed by atoms with Crippen molar-refractivity contribution in [2.24, 2.45) is 0 Å². The maximum atomic E-state index is 13.8. The number of pyridine rings is 1. The van der Waals surface area contributed by atoms with Crippen molar-refractivity contribution in [1.82, 2.24) is 21.0 Å². The molecular formula is C29H24Cl2FN7. The van der Waals surface area contributed by atoms with Gasteiger partial charge in [-0.05, 0) is 67.3 Å². The maximum Gasteiger partial charge on any atom is 0.123 e. The summed E-state index contributed by atoms with van der Waals surface area (Å²) in [7, 11) is 0. The summed E-state index contributed by atoms with van der Waals surface area (Å²) in [6, 6.07) is 15.8. The molecule has 1 aliphatic carbocycles. The number of aromatic nitrogens is 1. The van der Waals surface area contributed by atoms with E-state index in [-0.39, 0.29) is 0 Å². The lowest BCUT2D eigenvalue weighted by Gasteiger charge is -2.22. The molecule has 0 bridgehead atoms. The van der Waals surface area contributed by atoms with E-state index in [1.807, 2.05) is 30.3 Å². The van der Waals surface area contributed by atoms with Crippen molar-refractivity contribution < 1.29 is 5.76 Å². The zero-order valence-corrected chi connectivity index (χ0v) is 22.3. The Morgan fingerprint density at radius 3 is 2.72 bits per heavy atom. The molecule has 4 aromatic rings. The fourth-order valence-electron chi connectivity index (χ4n) is 4.49. The van der Waals surface area contributed by atoms with Gasteiger partial charge in [0.2, 0.25) is 0 Å². The molecule has 196 valence electrons. The topological polar surface area (TPSA) is 88.0 Å². The van der Waals surface area contributed by atoms with Gasteiger partial charge in [-0.15, -0.1) is 5.53 Å². The number of anilines is 3. The van der Waals surface area contributed by atoms with Crippen LogP contribution >= 0.6 is 23.2 Å². The molecule has 6 rings (SSSR count). The van der Waals surface area contributed by atoms with Gasteiger partial charge in [-0.2, -0.15) is 5.26 Å². The zero-order chi connectivity index (χ0) is 28.0. The number of hydrogen-bond donors (Lipinski definition) is 4.